The van der Waals surface area contributed by atoms with Crippen LogP contribution in [0.4, 0.5) is 0 Å². The molecule has 0 atom stereocenters. The molecule has 1 aliphatic rings. The Hall–Kier alpha value is -1.07. The van der Waals surface area contributed by atoms with Crippen molar-refractivity contribution in [1.29, 1.82) is 0 Å². The lowest BCUT2D eigenvalue weighted by Crippen LogP contribution is -2.43. The fraction of sp³-hybridized carbons (Fsp3) is 0.500. The lowest BCUT2D eigenvalue weighted by molar-refractivity contribution is -0.118. The lowest BCUT2D eigenvalue weighted by atomic mass is 9.85. The molecular weight excluding hydrogens is 310 g/mol. The number of hydrogen-bond acceptors (Lipinski definition) is 3. The van der Waals surface area contributed by atoms with Crippen LogP contribution in [-0.4, -0.2) is 23.2 Å². The van der Waals surface area contributed by atoms with E-state index in [0.717, 1.165) is 25.7 Å². The zero-order valence-corrected chi connectivity index (χ0v) is 12.3. The third kappa shape index (κ3) is 4.51. The maximum atomic E-state index is 11.6. The first-order valence-corrected chi connectivity index (χ1v) is 7.30. The van der Waals surface area contributed by atoms with Gasteiger partial charge in [-0.3, -0.25) is 4.79 Å². The summed E-state index contributed by atoms with van der Waals surface area (Å²) in [7, 11) is 0. The third-order valence-corrected chi connectivity index (χ3v) is 3.80. The predicted molar refractivity (Wildman–Crippen MR) is 76.5 cm³/mol. The van der Waals surface area contributed by atoms with Crippen LogP contribution in [0.15, 0.2) is 27.3 Å². The average Bonchev–Trinajstić information content (AvgIpc) is 2.81. The van der Waals surface area contributed by atoms with E-state index in [4.69, 9.17) is 4.42 Å². The van der Waals surface area contributed by atoms with Crippen LogP contribution in [0, 0.1) is 0 Å². The summed E-state index contributed by atoms with van der Waals surface area (Å²) in [5, 5.41) is 13.0. The SMILES string of the molecule is O=C(C=Cc1ccc(Br)o1)NCC1(O)CCCCC1. The van der Waals surface area contributed by atoms with E-state index in [0.29, 0.717) is 17.0 Å². The van der Waals surface area contributed by atoms with Gasteiger partial charge in [-0.05, 0) is 47.0 Å². The maximum absolute atomic E-state index is 11.6. The Morgan fingerprint density at radius 3 is 2.79 bits per heavy atom. The monoisotopic (exact) mass is 327 g/mol. The Bertz CT molecular complexity index is 461. The standard InChI is InChI=1S/C14H18BrNO3/c15-12-6-4-11(19-12)5-7-13(17)16-10-14(18)8-2-1-3-9-14/h4-7,18H,1-3,8-10H2,(H,16,17). The molecule has 0 saturated heterocycles. The van der Waals surface area contributed by atoms with Gasteiger partial charge in [0.15, 0.2) is 4.67 Å². The second-order valence-electron chi connectivity index (χ2n) is 4.98. The van der Waals surface area contributed by atoms with E-state index in [9.17, 15) is 9.90 Å². The van der Waals surface area contributed by atoms with Gasteiger partial charge in [-0.25, -0.2) is 0 Å². The summed E-state index contributed by atoms with van der Waals surface area (Å²) in [4.78, 5) is 11.6. The van der Waals surface area contributed by atoms with Crippen LogP contribution in [0.3, 0.4) is 0 Å². The van der Waals surface area contributed by atoms with E-state index < -0.39 is 5.60 Å². The van der Waals surface area contributed by atoms with Crippen molar-refractivity contribution in [2.45, 2.75) is 37.7 Å². The van der Waals surface area contributed by atoms with Crippen LogP contribution in [0.25, 0.3) is 6.08 Å². The molecule has 1 saturated carbocycles. The first-order chi connectivity index (χ1) is 9.07. The predicted octanol–water partition coefficient (Wildman–Crippen LogP) is 2.87. The third-order valence-electron chi connectivity index (χ3n) is 3.37. The van der Waals surface area contributed by atoms with E-state index in [2.05, 4.69) is 21.2 Å². The molecule has 0 aromatic carbocycles. The number of nitrogens with one attached hydrogen (secondary N) is 1. The summed E-state index contributed by atoms with van der Waals surface area (Å²) >= 11 is 3.19. The molecule has 2 N–H and O–H groups in total. The van der Waals surface area contributed by atoms with Crippen molar-refractivity contribution in [3.8, 4) is 0 Å². The smallest absolute Gasteiger partial charge is 0.244 e. The number of halogens is 1. The van der Waals surface area contributed by atoms with Gasteiger partial charge in [0.05, 0.1) is 5.60 Å². The van der Waals surface area contributed by atoms with Crippen LogP contribution < -0.4 is 5.32 Å². The number of carbonyl (C=O) groups excluding carboxylic acids is 1. The van der Waals surface area contributed by atoms with Gasteiger partial charge in [0.2, 0.25) is 5.91 Å². The zero-order chi connectivity index (χ0) is 13.7. The number of rotatable bonds is 4. The summed E-state index contributed by atoms with van der Waals surface area (Å²) in [6.45, 7) is 0.317. The van der Waals surface area contributed by atoms with Gasteiger partial charge in [0.1, 0.15) is 5.76 Å². The van der Waals surface area contributed by atoms with Crippen molar-refractivity contribution in [2.75, 3.05) is 6.54 Å². The van der Waals surface area contributed by atoms with E-state index in [-0.39, 0.29) is 5.91 Å². The summed E-state index contributed by atoms with van der Waals surface area (Å²) < 4.78 is 5.88. The van der Waals surface area contributed by atoms with Gasteiger partial charge in [0, 0.05) is 12.6 Å². The van der Waals surface area contributed by atoms with Crippen molar-refractivity contribution in [2.24, 2.45) is 0 Å². The largest absolute Gasteiger partial charge is 0.450 e. The van der Waals surface area contributed by atoms with Gasteiger partial charge < -0.3 is 14.8 Å². The summed E-state index contributed by atoms with van der Waals surface area (Å²) in [6.07, 6.45) is 7.78. The molecule has 1 aliphatic carbocycles. The first-order valence-electron chi connectivity index (χ1n) is 6.51. The molecule has 1 aromatic rings. The van der Waals surface area contributed by atoms with Crippen LogP contribution in [0.5, 0.6) is 0 Å². The molecule has 0 radical (unpaired) electrons. The zero-order valence-electron chi connectivity index (χ0n) is 10.7. The van der Waals surface area contributed by atoms with E-state index in [1.165, 1.54) is 12.5 Å². The Morgan fingerprint density at radius 1 is 1.42 bits per heavy atom. The van der Waals surface area contributed by atoms with Crippen LogP contribution >= 0.6 is 15.9 Å². The van der Waals surface area contributed by atoms with E-state index in [1.807, 2.05) is 0 Å². The molecule has 0 unspecified atom stereocenters. The van der Waals surface area contributed by atoms with Crippen LogP contribution in [0.2, 0.25) is 0 Å². The first kappa shape index (κ1) is 14.3. The van der Waals surface area contributed by atoms with Gasteiger partial charge in [0.25, 0.3) is 0 Å². The Balaban J connectivity index is 1.79. The van der Waals surface area contributed by atoms with Crippen LogP contribution in [0.1, 0.15) is 37.9 Å². The molecule has 0 spiro atoms. The van der Waals surface area contributed by atoms with Crippen LogP contribution in [-0.2, 0) is 4.79 Å². The minimum atomic E-state index is -0.727. The normalized spacial score (nSPS) is 18.6. The summed E-state index contributed by atoms with van der Waals surface area (Å²) in [5.41, 5.74) is -0.727. The van der Waals surface area contributed by atoms with Crippen molar-refractivity contribution in [1.82, 2.24) is 5.32 Å². The minimum absolute atomic E-state index is 0.216. The molecule has 4 nitrogen and oxygen atoms in total. The van der Waals surface area contributed by atoms with Gasteiger partial charge in [-0.15, -0.1) is 0 Å². The highest BCUT2D eigenvalue weighted by atomic mass is 79.9. The number of amides is 1. The van der Waals surface area contributed by atoms with Crippen molar-refractivity contribution < 1.29 is 14.3 Å². The maximum Gasteiger partial charge on any atom is 0.244 e. The molecule has 1 fully saturated rings. The molecule has 19 heavy (non-hydrogen) atoms. The molecule has 1 aromatic heterocycles. The summed E-state index contributed by atoms with van der Waals surface area (Å²) in [6, 6.07) is 3.53. The Morgan fingerprint density at radius 2 is 2.16 bits per heavy atom. The highest BCUT2D eigenvalue weighted by Gasteiger charge is 2.29. The number of furan rings is 1. The minimum Gasteiger partial charge on any atom is -0.450 e. The second kappa shape index (κ2) is 6.39. The number of carbonyl (C=O) groups is 1. The van der Waals surface area contributed by atoms with E-state index in [1.54, 1.807) is 18.2 Å². The lowest BCUT2D eigenvalue weighted by Gasteiger charge is -2.31. The Labute approximate surface area is 121 Å². The molecule has 104 valence electrons. The second-order valence-corrected chi connectivity index (χ2v) is 5.76. The molecule has 0 aliphatic heterocycles. The van der Waals surface area contributed by atoms with Crippen molar-refractivity contribution in [3.63, 3.8) is 0 Å². The fourth-order valence-corrected chi connectivity index (χ4v) is 2.59. The highest BCUT2D eigenvalue weighted by molar-refractivity contribution is 9.10. The molecule has 1 heterocycles. The van der Waals surface area contributed by atoms with Gasteiger partial charge in [-0.1, -0.05) is 19.3 Å². The molecule has 2 rings (SSSR count). The fourth-order valence-electron chi connectivity index (χ4n) is 2.27. The van der Waals surface area contributed by atoms with E-state index >= 15 is 0 Å². The summed E-state index contributed by atoms with van der Waals surface area (Å²) in [5.74, 6) is 0.393. The quantitative estimate of drug-likeness (QED) is 0.836. The highest BCUT2D eigenvalue weighted by Crippen LogP contribution is 2.27. The number of hydrogen-bond donors (Lipinski definition) is 2. The molecule has 1 amide bonds. The number of aliphatic hydroxyl groups is 1. The van der Waals surface area contributed by atoms with Crippen molar-refractivity contribution >= 4 is 27.9 Å². The van der Waals surface area contributed by atoms with Crippen molar-refractivity contribution in [3.05, 3.63) is 28.6 Å². The topological polar surface area (TPSA) is 62.5 Å². The van der Waals surface area contributed by atoms with Gasteiger partial charge >= 0.3 is 0 Å². The van der Waals surface area contributed by atoms with Gasteiger partial charge in [-0.2, -0.15) is 0 Å². The molecule has 5 heteroatoms. The average molecular weight is 328 g/mol. The Kier molecular flexibility index (Phi) is 4.82. The molecular formula is C14H18BrNO3. The molecule has 0 bridgehead atoms.